The standard InChI is InChI=1S/C22H18O5/c1-11-4-6-14(7-5-11)18-10-26-20-13(3)21-15(8-17(18)20)12(2)16(9-19(23)24)22(25)27-21/h4-8,10H,9H2,1-3H3,(H,23,24). The second-order valence-corrected chi connectivity index (χ2v) is 6.83. The third-order valence-corrected chi connectivity index (χ3v) is 5.03. The summed E-state index contributed by atoms with van der Waals surface area (Å²) in [5.41, 5.74) is 5.15. The summed E-state index contributed by atoms with van der Waals surface area (Å²) in [6.45, 7) is 5.63. The first-order valence-corrected chi connectivity index (χ1v) is 8.62. The Kier molecular flexibility index (Phi) is 3.88. The molecule has 0 spiro atoms. The van der Waals surface area contributed by atoms with Gasteiger partial charge in [0, 0.05) is 21.9 Å². The van der Waals surface area contributed by atoms with E-state index in [1.54, 1.807) is 13.2 Å². The molecule has 1 N–H and O–H groups in total. The fourth-order valence-electron chi connectivity index (χ4n) is 3.51. The zero-order valence-corrected chi connectivity index (χ0v) is 15.3. The van der Waals surface area contributed by atoms with E-state index in [2.05, 4.69) is 0 Å². The Labute approximate surface area is 154 Å². The molecule has 0 amide bonds. The van der Waals surface area contributed by atoms with Crippen LogP contribution in [0.15, 0.2) is 50.2 Å². The van der Waals surface area contributed by atoms with E-state index in [1.807, 2.05) is 44.2 Å². The number of benzene rings is 2. The van der Waals surface area contributed by atoms with E-state index in [-0.39, 0.29) is 12.0 Å². The van der Waals surface area contributed by atoms with Gasteiger partial charge in [-0.3, -0.25) is 4.79 Å². The fourth-order valence-corrected chi connectivity index (χ4v) is 3.51. The van der Waals surface area contributed by atoms with Crippen LogP contribution in [0.2, 0.25) is 0 Å². The molecule has 0 radical (unpaired) electrons. The maximum absolute atomic E-state index is 12.3. The van der Waals surface area contributed by atoms with Gasteiger partial charge in [0.25, 0.3) is 0 Å². The molecular formula is C22H18O5. The van der Waals surface area contributed by atoms with Crippen molar-refractivity contribution in [2.45, 2.75) is 27.2 Å². The van der Waals surface area contributed by atoms with Gasteiger partial charge in [0.2, 0.25) is 0 Å². The smallest absolute Gasteiger partial charge is 0.340 e. The molecule has 0 fully saturated rings. The zero-order chi connectivity index (χ0) is 19.3. The quantitative estimate of drug-likeness (QED) is 0.532. The van der Waals surface area contributed by atoms with Crippen LogP contribution in [0.3, 0.4) is 0 Å². The topological polar surface area (TPSA) is 80.7 Å². The van der Waals surface area contributed by atoms with E-state index in [9.17, 15) is 9.59 Å². The average Bonchev–Trinajstić information content (AvgIpc) is 3.05. The maximum Gasteiger partial charge on any atom is 0.340 e. The Morgan fingerprint density at radius 3 is 2.37 bits per heavy atom. The van der Waals surface area contributed by atoms with Crippen molar-refractivity contribution >= 4 is 27.9 Å². The van der Waals surface area contributed by atoms with E-state index in [4.69, 9.17) is 13.9 Å². The number of rotatable bonds is 3. The second-order valence-electron chi connectivity index (χ2n) is 6.83. The summed E-state index contributed by atoms with van der Waals surface area (Å²) in [6, 6.07) is 10.1. The van der Waals surface area contributed by atoms with Crippen LogP contribution in [0.4, 0.5) is 0 Å². The Hall–Kier alpha value is -3.34. The van der Waals surface area contributed by atoms with Crippen molar-refractivity contribution in [3.63, 3.8) is 0 Å². The molecule has 0 bridgehead atoms. The van der Waals surface area contributed by atoms with Crippen molar-refractivity contribution < 1.29 is 18.7 Å². The summed E-state index contributed by atoms with van der Waals surface area (Å²) in [6.07, 6.45) is 1.34. The van der Waals surface area contributed by atoms with Gasteiger partial charge in [0.15, 0.2) is 0 Å². The van der Waals surface area contributed by atoms with Crippen LogP contribution in [-0.2, 0) is 11.2 Å². The number of fused-ring (bicyclic) bond motifs is 2. The monoisotopic (exact) mass is 362 g/mol. The number of carbonyl (C=O) groups is 1. The first kappa shape index (κ1) is 17.1. The van der Waals surface area contributed by atoms with Crippen molar-refractivity contribution in [1.82, 2.24) is 0 Å². The number of hydrogen-bond acceptors (Lipinski definition) is 4. The van der Waals surface area contributed by atoms with Gasteiger partial charge in [-0.25, -0.2) is 4.79 Å². The third-order valence-electron chi connectivity index (χ3n) is 5.03. The lowest BCUT2D eigenvalue weighted by molar-refractivity contribution is -0.136. The molecule has 2 aromatic heterocycles. The van der Waals surface area contributed by atoms with Crippen molar-refractivity contribution in [2.75, 3.05) is 0 Å². The number of carboxylic acid groups (broad SMARTS) is 1. The summed E-state index contributed by atoms with van der Waals surface area (Å²) in [7, 11) is 0. The number of furan rings is 1. The molecule has 0 atom stereocenters. The second kappa shape index (κ2) is 6.13. The van der Waals surface area contributed by atoms with Gasteiger partial charge < -0.3 is 13.9 Å². The summed E-state index contributed by atoms with van der Waals surface area (Å²) >= 11 is 0. The molecule has 4 rings (SSSR count). The normalized spacial score (nSPS) is 11.4. The van der Waals surface area contributed by atoms with E-state index in [0.29, 0.717) is 16.7 Å². The molecule has 4 aromatic rings. The first-order valence-electron chi connectivity index (χ1n) is 8.62. The highest BCUT2D eigenvalue weighted by Crippen LogP contribution is 2.37. The lowest BCUT2D eigenvalue weighted by Gasteiger charge is -2.09. The molecule has 2 heterocycles. The van der Waals surface area contributed by atoms with E-state index >= 15 is 0 Å². The van der Waals surface area contributed by atoms with Gasteiger partial charge in [-0.15, -0.1) is 0 Å². The molecule has 2 aromatic carbocycles. The molecule has 0 aliphatic carbocycles. The zero-order valence-electron chi connectivity index (χ0n) is 15.3. The van der Waals surface area contributed by atoms with Crippen LogP contribution in [0.25, 0.3) is 33.1 Å². The molecule has 27 heavy (non-hydrogen) atoms. The van der Waals surface area contributed by atoms with Gasteiger partial charge in [-0.1, -0.05) is 29.8 Å². The number of aliphatic carboxylic acids is 1. The number of aryl methyl sites for hydroxylation is 3. The average molecular weight is 362 g/mol. The molecule has 5 heteroatoms. The molecule has 5 nitrogen and oxygen atoms in total. The SMILES string of the molecule is Cc1ccc(-c2coc3c(C)c4oc(=O)c(CC(=O)O)c(C)c4cc23)cc1. The highest BCUT2D eigenvalue weighted by atomic mass is 16.4. The Morgan fingerprint density at radius 1 is 1.00 bits per heavy atom. The summed E-state index contributed by atoms with van der Waals surface area (Å²) in [5.74, 6) is -1.06. The molecule has 136 valence electrons. The predicted octanol–water partition coefficient (Wildman–Crippen LogP) is 4.76. The lowest BCUT2D eigenvalue weighted by atomic mass is 9.97. The largest absolute Gasteiger partial charge is 0.481 e. The van der Waals surface area contributed by atoms with Gasteiger partial charge in [-0.2, -0.15) is 0 Å². The van der Waals surface area contributed by atoms with E-state index in [1.165, 1.54) is 5.56 Å². The first-order chi connectivity index (χ1) is 12.9. The maximum atomic E-state index is 12.3. The van der Waals surface area contributed by atoms with Crippen LogP contribution < -0.4 is 5.63 Å². The molecule has 0 saturated carbocycles. The van der Waals surface area contributed by atoms with Crippen LogP contribution in [0, 0.1) is 20.8 Å². The summed E-state index contributed by atoms with van der Waals surface area (Å²) in [5, 5.41) is 10.7. The Morgan fingerprint density at radius 2 is 1.70 bits per heavy atom. The van der Waals surface area contributed by atoms with E-state index < -0.39 is 11.6 Å². The summed E-state index contributed by atoms with van der Waals surface area (Å²) in [4.78, 5) is 23.4. The van der Waals surface area contributed by atoms with Crippen molar-refractivity contribution in [2.24, 2.45) is 0 Å². The van der Waals surface area contributed by atoms with Gasteiger partial charge >= 0.3 is 11.6 Å². The van der Waals surface area contributed by atoms with Crippen LogP contribution in [0.1, 0.15) is 22.3 Å². The van der Waals surface area contributed by atoms with Crippen LogP contribution >= 0.6 is 0 Å². The van der Waals surface area contributed by atoms with Crippen LogP contribution in [-0.4, -0.2) is 11.1 Å². The number of carboxylic acids is 1. The molecule has 0 saturated heterocycles. The molecule has 0 unspecified atom stereocenters. The highest BCUT2D eigenvalue weighted by molar-refractivity contribution is 6.05. The number of hydrogen-bond donors (Lipinski definition) is 1. The molecule has 0 aliphatic rings. The van der Waals surface area contributed by atoms with E-state index in [0.717, 1.165) is 27.5 Å². The molecular weight excluding hydrogens is 344 g/mol. The fraction of sp³-hybridized carbons (Fsp3) is 0.182. The Balaban J connectivity index is 2.05. The predicted molar refractivity (Wildman–Crippen MR) is 103 cm³/mol. The van der Waals surface area contributed by atoms with Gasteiger partial charge in [0.1, 0.15) is 11.2 Å². The van der Waals surface area contributed by atoms with Crippen molar-refractivity contribution in [3.05, 3.63) is 69.3 Å². The van der Waals surface area contributed by atoms with Gasteiger partial charge in [0.05, 0.1) is 18.2 Å². The van der Waals surface area contributed by atoms with Crippen molar-refractivity contribution in [3.8, 4) is 11.1 Å². The van der Waals surface area contributed by atoms with Gasteiger partial charge in [-0.05, 0) is 38.0 Å². The summed E-state index contributed by atoms with van der Waals surface area (Å²) < 4.78 is 11.3. The lowest BCUT2D eigenvalue weighted by Crippen LogP contribution is -2.15. The minimum Gasteiger partial charge on any atom is -0.481 e. The Bertz CT molecular complexity index is 1260. The van der Waals surface area contributed by atoms with Crippen LogP contribution in [0.5, 0.6) is 0 Å². The highest BCUT2D eigenvalue weighted by Gasteiger charge is 2.19. The molecule has 0 aliphatic heterocycles. The minimum atomic E-state index is -1.06. The minimum absolute atomic E-state index is 0.175. The third kappa shape index (κ3) is 2.72. The van der Waals surface area contributed by atoms with Crippen molar-refractivity contribution in [1.29, 1.82) is 0 Å².